The molecule has 0 aromatic heterocycles. The van der Waals surface area contributed by atoms with Crippen LogP contribution in [0.4, 0.5) is 0 Å². The Bertz CT molecular complexity index is 279. The zero-order valence-corrected chi connectivity index (χ0v) is 7.83. The minimum absolute atomic E-state index is 0.252. The fourth-order valence-corrected chi connectivity index (χ4v) is 0.952. The van der Waals surface area contributed by atoms with Crippen molar-refractivity contribution in [1.82, 2.24) is 0 Å². The molecule has 0 aliphatic heterocycles. The molecule has 0 spiro atoms. The Morgan fingerprint density at radius 1 is 1.17 bits per heavy atom. The average Bonchev–Trinajstić information content (AvgIpc) is 2.02. The van der Waals surface area contributed by atoms with Crippen LogP contribution in [0.2, 0.25) is 0 Å². The van der Waals surface area contributed by atoms with Gasteiger partial charge in [0.05, 0.1) is 0 Å². The van der Waals surface area contributed by atoms with Crippen molar-refractivity contribution in [1.29, 1.82) is 0 Å². The first kappa shape index (κ1) is 9.35. The normalized spacial score (nSPS) is 11.2. The number of rotatable bonds is 3. The van der Waals surface area contributed by atoms with Gasteiger partial charge in [0.15, 0.2) is 0 Å². The first-order valence-corrected chi connectivity index (χ1v) is 6.26. The van der Waals surface area contributed by atoms with Gasteiger partial charge in [0.2, 0.25) is 0 Å². The van der Waals surface area contributed by atoms with Gasteiger partial charge in [0.1, 0.15) is 0 Å². The summed E-state index contributed by atoms with van der Waals surface area (Å²) >= 11 is -5.12. The molecule has 0 saturated heterocycles. The van der Waals surface area contributed by atoms with Crippen LogP contribution in [-0.2, 0) is 7.62 Å². The van der Waals surface area contributed by atoms with E-state index in [2.05, 4.69) is 8.76 Å². The zero-order valence-electron chi connectivity index (χ0n) is 5.95. The third-order valence-electron chi connectivity index (χ3n) is 0.974. The van der Waals surface area contributed by atoms with Crippen LogP contribution >= 0.6 is 0 Å². The Balaban J connectivity index is 2.50. The van der Waals surface area contributed by atoms with Crippen molar-refractivity contribution in [2.75, 3.05) is 0 Å². The van der Waals surface area contributed by atoms with E-state index in [0.717, 1.165) is 0 Å². The minimum atomic E-state index is -5.12. The van der Waals surface area contributed by atoms with Crippen molar-refractivity contribution in [3.8, 4) is 5.75 Å². The van der Waals surface area contributed by atoms with Crippen LogP contribution in [0.1, 0.15) is 0 Å². The molecular weight excluding hydrogens is 227 g/mol. The number of para-hydroxylation sites is 1. The van der Waals surface area contributed by atoms with E-state index < -0.39 is 14.5 Å². The summed E-state index contributed by atoms with van der Waals surface area (Å²) in [6.07, 6.45) is 0. The summed E-state index contributed by atoms with van der Waals surface area (Å²) < 4.78 is 30.7. The summed E-state index contributed by atoms with van der Waals surface area (Å²) in [5, 5.41) is 0. The molecule has 0 heterocycles. The topological polar surface area (TPSA) is 76.0 Å². The van der Waals surface area contributed by atoms with Gasteiger partial charge in [-0.15, -0.1) is 0 Å². The molecule has 0 unspecified atom stereocenters. The third-order valence-corrected chi connectivity index (χ3v) is 1.54. The Labute approximate surface area is 71.8 Å². The predicted octanol–water partition coefficient (Wildman–Crippen LogP) is -0.152. The van der Waals surface area contributed by atoms with Crippen LogP contribution in [0, 0.1) is 0 Å². The SMILES string of the molecule is O=[As](O)(O)OOc1ccccc1. The molecule has 6 heteroatoms. The van der Waals surface area contributed by atoms with Gasteiger partial charge < -0.3 is 0 Å². The molecule has 1 aromatic rings. The number of benzene rings is 1. The van der Waals surface area contributed by atoms with E-state index in [4.69, 9.17) is 8.19 Å². The van der Waals surface area contributed by atoms with Crippen LogP contribution in [0.15, 0.2) is 30.3 Å². The summed E-state index contributed by atoms with van der Waals surface area (Å²) in [6.45, 7) is 0. The zero-order chi connectivity index (χ0) is 9.03. The van der Waals surface area contributed by atoms with Gasteiger partial charge in [-0.2, -0.15) is 0 Å². The van der Waals surface area contributed by atoms with Gasteiger partial charge in [0, 0.05) is 0 Å². The van der Waals surface area contributed by atoms with Crippen molar-refractivity contribution in [3.63, 3.8) is 0 Å². The summed E-state index contributed by atoms with van der Waals surface area (Å²) in [5.41, 5.74) is 0. The predicted molar refractivity (Wildman–Crippen MR) is 39.0 cm³/mol. The molecule has 12 heavy (non-hydrogen) atoms. The molecule has 1 rings (SSSR count). The molecule has 0 radical (unpaired) electrons. The van der Waals surface area contributed by atoms with E-state index in [-0.39, 0.29) is 5.75 Å². The van der Waals surface area contributed by atoms with E-state index in [9.17, 15) is 3.74 Å². The molecule has 0 aliphatic carbocycles. The van der Waals surface area contributed by atoms with Gasteiger partial charge in [-0.3, -0.25) is 0 Å². The molecule has 66 valence electrons. The van der Waals surface area contributed by atoms with Crippen molar-refractivity contribution >= 4 is 14.5 Å². The van der Waals surface area contributed by atoms with Crippen LogP contribution in [0.25, 0.3) is 0 Å². The van der Waals surface area contributed by atoms with E-state index in [0.29, 0.717) is 0 Å². The maximum atomic E-state index is 10.2. The maximum absolute atomic E-state index is 10.2. The number of hydrogen-bond donors (Lipinski definition) is 2. The standard InChI is InChI=1S/C6H7AsO5/c8-7(9,10)12-11-6-4-2-1-3-5-6/h1-5H,(H2,8,9,10). The third kappa shape index (κ3) is 3.59. The second kappa shape index (κ2) is 3.78. The first-order valence-electron chi connectivity index (χ1n) is 3.05. The summed E-state index contributed by atoms with van der Waals surface area (Å²) in [7, 11) is 0. The quantitative estimate of drug-likeness (QED) is 0.432. The second-order valence-electron chi connectivity index (χ2n) is 1.96. The van der Waals surface area contributed by atoms with E-state index >= 15 is 0 Å². The van der Waals surface area contributed by atoms with Crippen LogP contribution < -0.4 is 4.89 Å². The van der Waals surface area contributed by atoms with Crippen LogP contribution in [-0.4, -0.2) is 22.7 Å². The molecule has 0 bridgehead atoms. The first-order chi connectivity index (χ1) is 5.58. The van der Waals surface area contributed by atoms with Crippen LogP contribution in [0.3, 0.4) is 0 Å². The van der Waals surface area contributed by atoms with Crippen molar-refractivity contribution in [3.05, 3.63) is 30.3 Å². The summed E-state index contributed by atoms with van der Waals surface area (Å²) in [6, 6.07) is 8.10. The second-order valence-corrected chi connectivity index (χ2v) is 4.33. The van der Waals surface area contributed by atoms with E-state index in [1.165, 1.54) is 12.1 Å². The molecule has 0 fully saturated rings. The molecule has 5 nitrogen and oxygen atoms in total. The van der Waals surface area contributed by atoms with E-state index in [1.54, 1.807) is 18.2 Å². The molecule has 0 atom stereocenters. The molecular formula is C6H7AsO5. The van der Waals surface area contributed by atoms with Gasteiger partial charge in [0.25, 0.3) is 0 Å². The fraction of sp³-hybridized carbons (Fsp3) is 0. The van der Waals surface area contributed by atoms with Crippen molar-refractivity contribution < 1.29 is 20.7 Å². The molecule has 0 aliphatic rings. The van der Waals surface area contributed by atoms with Crippen LogP contribution in [0.5, 0.6) is 5.75 Å². The van der Waals surface area contributed by atoms with Crippen molar-refractivity contribution in [2.24, 2.45) is 0 Å². The monoisotopic (exact) mass is 234 g/mol. The molecule has 0 amide bonds. The molecule has 2 N–H and O–H groups in total. The van der Waals surface area contributed by atoms with Gasteiger partial charge in [-0.25, -0.2) is 0 Å². The average molecular weight is 234 g/mol. The van der Waals surface area contributed by atoms with Gasteiger partial charge in [-0.05, 0) is 0 Å². The molecule has 0 saturated carbocycles. The summed E-state index contributed by atoms with van der Waals surface area (Å²) in [5.74, 6) is 0.252. The van der Waals surface area contributed by atoms with E-state index in [1.807, 2.05) is 0 Å². The number of hydrogen-bond acceptors (Lipinski definition) is 3. The summed E-state index contributed by atoms with van der Waals surface area (Å²) in [4.78, 5) is 4.33. The Morgan fingerprint density at radius 3 is 2.25 bits per heavy atom. The Morgan fingerprint density at radius 2 is 1.75 bits per heavy atom. The molecule has 1 aromatic carbocycles. The van der Waals surface area contributed by atoms with Crippen molar-refractivity contribution in [2.45, 2.75) is 0 Å². The fourth-order valence-electron chi connectivity index (χ4n) is 0.568. The Hall–Kier alpha value is -0.742. The Kier molecular flexibility index (Phi) is 2.94. The van der Waals surface area contributed by atoms with Gasteiger partial charge >= 0.3 is 71.3 Å². The van der Waals surface area contributed by atoms with Gasteiger partial charge in [-0.1, -0.05) is 0 Å².